The van der Waals surface area contributed by atoms with E-state index in [1.165, 1.54) is 5.56 Å². The summed E-state index contributed by atoms with van der Waals surface area (Å²) in [6.45, 7) is 4.38. The Labute approximate surface area is 213 Å². The molecule has 0 fully saturated rings. The fourth-order valence-electron chi connectivity index (χ4n) is 3.88. The number of fused-ring (bicyclic) bond motifs is 3. The molecule has 0 N–H and O–H groups in total. The van der Waals surface area contributed by atoms with Gasteiger partial charge in [0.2, 0.25) is 0 Å². The van der Waals surface area contributed by atoms with Crippen molar-refractivity contribution >= 4 is 21.9 Å². The standard InChI is InChI=1S/C20H16NO.C9H7N2.Pt/c1-13(2)14-7-5-8-15-16-9-6-10-17(20(16)22-19(14)15)18-11-3-4-12-21-18;1-2-5-9(6-3-1)11-8-4-7-10-11;/h3-9,11-13H,1-2H3;1-5,7-8H;/q2*-1;+2. The van der Waals surface area contributed by atoms with E-state index in [9.17, 15) is 0 Å². The zero-order valence-electron chi connectivity index (χ0n) is 18.9. The molecule has 34 heavy (non-hydrogen) atoms. The van der Waals surface area contributed by atoms with Crippen molar-refractivity contribution < 1.29 is 25.5 Å². The molecule has 5 heteroatoms. The molecule has 6 rings (SSSR count). The zero-order valence-corrected chi connectivity index (χ0v) is 21.2. The maximum Gasteiger partial charge on any atom is 2.00 e. The van der Waals surface area contributed by atoms with Gasteiger partial charge in [-0.2, -0.15) is 29.4 Å². The second-order valence-corrected chi connectivity index (χ2v) is 7.99. The Hall–Kier alpha value is -3.49. The fourth-order valence-corrected chi connectivity index (χ4v) is 3.88. The molecule has 170 valence electrons. The van der Waals surface area contributed by atoms with Crippen LogP contribution in [0.1, 0.15) is 25.3 Å². The molecule has 3 heterocycles. The van der Waals surface area contributed by atoms with Crippen molar-refractivity contribution in [2.45, 2.75) is 19.8 Å². The first-order valence-corrected chi connectivity index (χ1v) is 11.0. The minimum atomic E-state index is 0. The van der Waals surface area contributed by atoms with Crippen LogP contribution in [0.25, 0.3) is 38.9 Å². The predicted octanol–water partition coefficient (Wildman–Crippen LogP) is 7.24. The van der Waals surface area contributed by atoms with Crippen LogP contribution >= 0.6 is 0 Å². The minimum Gasteiger partial charge on any atom is -0.500 e. The average molecular weight is 625 g/mol. The molecule has 0 atom stereocenters. The smallest absolute Gasteiger partial charge is 0.500 e. The first-order chi connectivity index (χ1) is 16.2. The van der Waals surface area contributed by atoms with Gasteiger partial charge in [0.05, 0.1) is 5.58 Å². The second-order valence-electron chi connectivity index (χ2n) is 7.99. The summed E-state index contributed by atoms with van der Waals surface area (Å²) in [6, 6.07) is 32.2. The molecule has 0 spiro atoms. The van der Waals surface area contributed by atoms with Gasteiger partial charge in [0.15, 0.2) is 0 Å². The molecule has 0 amide bonds. The average Bonchev–Trinajstić information content (AvgIpc) is 3.54. The maximum absolute atomic E-state index is 6.26. The van der Waals surface area contributed by atoms with Crippen molar-refractivity contribution in [3.05, 3.63) is 115 Å². The monoisotopic (exact) mass is 624 g/mol. The van der Waals surface area contributed by atoms with E-state index >= 15 is 0 Å². The quantitative estimate of drug-likeness (QED) is 0.195. The van der Waals surface area contributed by atoms with Crippen molar-refractivity contribution in [1.29, 1.82) is 0 Å². The summed E-state index contributed by atoms with van der Waals surface area (Å²) in [6.07, 6.45) is 5.44. The van der Waals surface area contributed by atoms with Gasteiger partial charge in [-0.3, -0.25) is 4.68 Å². The van der Waals surface area contributed by atoms with E-state index in [4.69, 9.17) is 4.42 Å². The molecule has 0 radical (unpaired) electrons. The molecule has 0 aliphatic rings. The molecule has 0 saturated heterocycles. The number of hydrogen-bond donors (Lipinski definition) is 0. The molecule has 0 bridgehead atoms. The predicted molar refractivity (Wildman–Crippen MR) is 132 cm³/mol. The van der Waals surface area contributed by atoms with Gasteiger partial charge in [0.1, 0.15) is 5.58 Å². The summed E-state index contributed by atoms with van der Waals surface area (Å²) in [5, 5.41) is 6.35. The Kier molecular flexibility index (Phi) is 7.39. The van der Waals surface area contributed by atoms with Gasteiger partial charge < -0.3 is 9.40 Å². The number of rotatable bonds is 3. The third-order valence-electron chi connectivity index (χ3n) is 5.48. The van der Waals surface area contributed by atoms with Crippen molar-refractivity contribution in [1.82, 2.24) is 14.8 Å². The van der Waals surface area contributed by atoms with Crippen molar-refractivity contribution in [3.8, 4) is 16.9 Å². The van der Waals surface area contributed by atoms with E-state index in [1.807, 2.05) is 60.8 Å². The van der Waals surface area contributed by atoms with Gasteiger partial charge in [0, 0.05) is 24.0 Å². The Balaban J connectivity index is 0.000000193. The van der Waals surface area contributed by atoms with E-state index in [1.54, 1.807) is 17.1 Å². The summed E-state index contributed by atoms with van der Waals surface area (Å²) in [4.78, 5) is 4.44. The van der Waals surface area contributed by atoms with Crippen molar-refractivity contribution in [3.63, 3.8) is 0 Å². The van der Waals surface area contributed by atoms with Crippen LogP contribution in [-0.2, 0) is 21.1 Å². The molecule has 3 aromatic heterocycles. The van der Waals surface area contributed by atoms with E-state index in [0.717, 1.165) is 38.9 Å². The largest absolute Gasteiger partial charge is 2.00 e. The number of benzene rings is 3. The summed E-state index contributed by atoms with van der Waals surface area (Å²) in [7, 11) is 0. The van der Waals surface area contributed by atoms with Gasteiger partial charge >= 0.3 is 21.1 Å². The molecular formula is C29H23N3OPt. The summed E-state index contributed by atoms with van der Waals surface area (Å²) in [5.74, 6) is 0.423. The van der Waals surface area contributed by atoms with E-state index in [-0.39, 0.29) is 21.1 Å². The summed E-state index contributed by atoms with van der Waals surface area (Å²) >= 11 is 0. The van der Waals surface area contributed by atoms with Crippen molar-refractivity contribution in [2.75, 3.05) is 0 Å². The molecule has 3 aromatic carbocycles. The first kappa shape index (κ1) is 23.7. The first-order valence-electron chi connectivity index (χ1n) is 11.0. The van der Waals surface area contributed by atoms with Crippen LogP contribution in [-0.4, -0.2) is 14.8 Å². The number of hydrogen-bond acceptors (Lipinski definition) is 3. The number of pyridine rings is 1. The Morgan fingerprint density at radius 2 is 1.65 bits per heavy atom. The van der Waals surface area contributed by atoms with Crippen LogP contribution in [0.2, 0.25) is 0 Å². The van der Waals surface area contributed by atoms with Crippen LogP contribution in [0.15, 0.2) is 102 Å². The van der Waals surface area contributed by atoms with Crippen LogP contribution in [0, 0.1) is 12.1 Å². The number of aromatic nitrogens is 3. The van der Waals surface area contributed by atoms with E-state index in [0.29, 0.717) is 5.92 Å². The van der Waals surface area contributed by atoms with E-state index < -0.39 is 0 Å². The number of nitrogens with zero attached hydrogens (tertiary/aromatic N) is 3. The maximum atomic E-state index is 6.26. The van der Waals surface area contributed by atoms with Gasteiger partial charge in [-0.05, 0) is 35.0 Å². The van der Waals surface area contributed by atoms with Crippen LogP contribution in [0.5, 0.6) is 0 Å². The molecular weight excluding hydrogens is 601 g/mol. The number of para-hydroxylation sites is 2. The van der Waals surface area contributed by atoms with Gasteiger partial charge in [-0.15, -0.1) is 24.3 Å². The minimum absolute atomic E-state index is 0. The third-order valence-corrected chi connectivity index (χ3v) is 5.48. The molecule has 0 aliphatic heterocycles. The van der Waals surface area contributed by atoms with Gasteiger partial charge in [0.25, 0.3) is 0 Å². The number of furan rings is 1. The van der Waals surface area contributed by atoms with Crippen LogP contribution in [0.3, 0.4) is 0 Å². The molecule has 0 unspecified atom stereocenters. The second kappa shape index (κ2) is 10.6. The zero-order chi connectivity index (χ0) is 22.6. The molecule has 4 nitrogen and oxygen atoms in total. The van der Waals surface area contributed by atoms with Crippen LogP contribution in [0.4, 0.5) is 0 Å². The normalized spacial score (nSPS) is 10.7. The molecule has 0 aliphatic carbocycles. The summed E-state index contributed by atoms with van der Waals surface area (Å²) in [5.41, 5.74) is 5.86. The topological polar surface area (TPSA) is 43.9 Å². The molecule has 6 aromatic rings. The third kappa shape index (κ3) is 4.73. The van der Waals surface area contributed by atoms with Gasteiger partial charge in [-0.1, -0.05) is 55.1 Å². The fraction of sp³-hybridized carbons (Fsp3) is 0.103. The van der Waals surface area contributed by atoms with Gasteiger partial charge in [-0.25, -0.2) is 0 Å². The Bertz CT molecular complexity index is 1470. The SMILES string of the molecule is CC(C)c1cccc2c1oc1c(-c3ccccn3)[c-]ccc12.[Pt+2].[c-]1ccccc1-n1cccn1. The van der Waals surface area contributed by atoms with Crippen molar-refractivity contribution in [2.24, 2.45) is 0 Å². The Morgan fingerprint density at radius 1 is 0.794 bits per heavy atom. The summed E-state index contributed by atoms with van der Waals surface area (Å²) < 4.78 is 8.04. The van der Waals surface area contributed by atoms with Crippen LogP contribution < -0.4 is 0 Å². The Morgan fingerprint density at radius 3 is 2.35 bits per heavy atom. The molecule has 0 saturated carbocycles. The van der Waals surface area contributed by atoms with E-state index in [2.05, 4.69) is 60.3 Å².